The first-order valence-corrected chi connectivity index (χ1v) is 7.48. The summed E-state index contributed by atoms with van der Waals surface area (Å²) in [6.07, 6.45) is -3.21. The first-order chi connectivity index (χ1) is 10.7. The van der Waals surface area contributed by atoms with Crippen molar-refractivity contribution in [1.29, 1.82) is 0 Å². The van der Waals surface area contributed by atoms with E-state index in [0.717, 1.165) is 5.56 Å². The minimum atomic E-state index is -0.916. The van der Waals surface area contributed by atoms with Crippen LogP contribution in [0.2, 0.25) is 0 Å². The van der Waals surface area contributed by atoms with Crippen LogP contribution in [0.4, 0.5) is 0 Å². The quantitative estimate of drug-likeness (QED) is 0.897. The van der Waals surface area contributed by atoms with Gasteiger partial charge < -0.3 is 28.8 Å². The van der Waals surface area contributed by atoms with Gasteiger partial charge in [0.25, 0.3) is 0 Å². The number of ether oxygens (including phenoxy) is 5. The molecule has 0 aromatic heterocycles. The van der Waals surface area contributed by atoms with Crippen molar-refractivity contribution >= 4 is 0 Å². The fourth-order valence-corrected chi connectivity index (χ4v) is 2.85. The summed E-state index contributed by atoms with van der Waals surface area (Å²) in [7, 11) is 1.55. The molecular weight excluding hydrogens is 288 g/mol. The Balaban J connectivity index is 1.65. The Hall–Kier alpha value is -1.02. The van der Waals surface area contributed by atoms with Crippen molar-refractivity contribution in [3.8, 4) is 0 Å². The normalized spacial score (nSPS) is 38.5. The van der Waals surface area contributed by atoms with Gasteiger partial charge in [-0.2, -0.15) is 0 Å². The number of hydrogen-bond acceptors (Lipinski definition) is 6. The summed E-state index contributed by atoms with van der Waals surface area (Å²) in [5.41, 5.74) is 1.01. The molecule has 1 N–H and O–H groups in total. The molecule has 0 saturated carbocycles. The second-order valence-electron chi connectivity index (χ2n) is 5.53. The molecule has 2 saturated heterocycles. The summed E-state index contributed by atoms with van der Waals surface area (Å²) < 4.78 is 28.1. The summed E-state index contributed by atoms with van der Waals surface area (Å²) in [6.45, 7) is 2.56. The van der Waals surface area contributed by atoms with Gasteiger partial charge in [0.2, 0.25) is 0 Å². The van der Waals surface area contributed by atoms with Gasteiger partial charge in [-0.3, -0.25) is 0 Å². The first kappa shape index (κ1) is 15.9. The molecule has 6 heteroatoms. The van der Waals surface area contributed by atoms with E-state index >= 15 is 0 Å². The van der Waals surface area contributed by atoms with Gasteiger partial charge in [0.1, 0.15) is 24.4 Å². The molecule has 122 valence electrons. The summed E-state index contributed by atoms with van der Waals surface area (Å²) in [5, 5.41) is 10.4. The highest BCUT2D eigenvalue weighted by atomic mass is 16.8. The molecule has 0 bridgehead atoms. The number of hydrogen-bond donors (Lipinski definition) is 1. The molecule has 0 radical (unpaired) electrons. The number of aliphatic hydroxyl groups is 1. The zero-order valence-corrected chi connectivity index (χ0v) is 12.8. The topological polar surface area (TPSA) is 66.4 Å². The molecule has 1 aromatic carbocycles. The van der Waals surface area contributed by atoms with Crippen LogP contribution in [-0.4, -0.2) is 55.8 Å². The summed E-state index contributed by atoms with van der Waals surface area (Å²) in [6, 6.07) is 9.74. The van der Waals surface area contributed by atoms with E-state index in [9.17, 15) is 5.11 Å². The maximum Gasteiger partial charge on any atom is 0.187 e. The second-order valence-corrected chi connectivity index (χ2v) is 5.53. The Morgan fingerprint density at radius 3 is 2.73 bits per heavy atom. The van der Waals surface area contributed by atoms with Crippen molar-refractivity contribution in [2.45, 2.75) is 50.5 Å². The molecule has 2 aliphatic heterocycles. The van der Waals surface area contributed by atoms with Gasteiger partial charge in [0, 0.05) is 7.11 Å². The Labute approximate surface area is 129 Å². The standard InChI is InChI=1S/C16H22O6/c1-10-19-9-12-14(21-10)15(18-2)13(17)16(22-12)20-8-11-6-4-3-5-7-11/h3-7,10,12-17H,8-9H2,1-2H3/t10?,12-,13+,14-,15+,16+/m1/s1. The lowest BCUT2D eigenvalue weighted by Gasteiger charge is -2.46. The van der Waals surface area contributed by atoms with Gasteiger partial charge >= 0.3 is 0 Å². The SMILES string of the molecule is CO[C@H]1[C@H](O)[C@@H](OCc2ccccc2)O[C@@H]2COC(C)O[C@@H]12. The Kier molecular flexibility index (Phi) is 5.07. The van der Waals surface area contributed by atoms with Gasteiger partial charge in [-0.15, -0.1) is 0 Å². The molecule has 1 aromatic rings. The monoisotopic (exact) mass is 310 g/mol. The third kappa shape index (κ3) is 3.32. The van der Waals surface area contributed by atoms with Gasteiger partial charge in [0.05, 0.1) is 13.2 Å². The van der Waals surface area contributed by atoms with E-state index in [4.69, 9.17) is 23.7 Å². The summed E-state index contributed by atoms with van der Waals surface area (Å²) in [5.74, 6) is 0. The maximum absolute atomic E-state index is 10.4. The van der Waals surface area contributed by atoms with E-state index in [1.54, 1.807) is 7.11 Å². The lowest BCUT2D eigenvalue weighted by atomic mass is 9.98. The van der Waals surface area contributed by atoms with Crippen LogP contribution in [0, 0.1) is 0 Å². The number of aliphatic hydroxyl groups excluding tert-OH is 1. The van der Waals surface area contributed by atoms with Gasteiger partial charge in [0.15, 0.2) is 12.6 Å². The predicted molar refractivity (Wildman–Crippen MR) is 77.0 cm³/mol. The molecule has 2 aliphatic rings. The predicted octanol–water partition coefficient (Wildman–Crippen LogP) is 1.07. The van der Waals surface area contributed by atoms with Crippen molar-refractivity contribution in [2.24, 2.45) is 0 Å². The molecule has 22 heavy (non-hydrogen) atoms. The smallest absolute Gasteiger partial charge is 0.187 e. The lowest BCUT2D eigenvalue weighted by Crippen LogP contribution is -2.63. The van der Waals surface area contributed by atoms with Crippen LogP contribution in [0.3, 0.4) is 0 Å². The molecule has 0 aliphatic carbocycles. The van der Waals surface area contributed by atoms with Crippen molar-refractivity contribution in [3.05, 3.63) is 35.9 Å². The number of rotatable bonds is 4. The van der Waals surface area contributed by atoms with Gasteiger partial charge in [-0.25, -0.2) is 0 Å². The second kappa shape index (κ2) is 7.04. The molecule has 2 heterocycles. The highest BCUT2D eigenvalue weighted by molar-refractivity contribution is 5.13. The first-order valence-electron chi connectivity index (χ1n) is 7.48. The number of methoxy groups -OCH3 is 1. The van der Waals surface area contributed by atoms with E-state index in [2.05, 4.69) is 0 Å². The highest BCUT2D eigenvalue weighted by Crippen LogP contribution is 2.30. The minimum Gasteiger partial charge on any atom is -0.385 e. The molecule has 0 spiro atoms. The van der Waals surface area contributed by atoms with E-state index in [0.29, 0.717) is 13.2 Å². The third-order valence-electron chi connectivity index (χ3n) is 3.99. The molecule has 6 atom stereocenters. The van der Waals surface area contributed by atoms with Crippen LogP contribution in [0.25, 0.3) is 0 Å². The van der Waals surface area contributed by atoms with E-state index in [1.165, 1.54) is 0 Å². The highest BCUT2D eigenvalue weighted by Gasteiger charge is 2.49. The fraction of sp³-hybridized carbons (Fsp3) is 0.625. The van der Waals surface area contributed by atoms with Gasteiger partial charge in [-0.05, 0) is 12.5 Å². The van der Waals surface area contributed by atoms with Crippen LogP contribution in [0.15, 0.2) is 30.3 Å². The van der Waals surface area contributed by atoms with Crippen molar-refractivity contribution in [1.82, 2.24) is 0 Å². The molecule has 1 unspecified atom stereocenters. The van der Waals surface area contributed by atoms with Crippen molar-refractivity contribution < 1.29 is 28.8 Å². The average Bonchev–Trinajstić information content (AvgIpc) is 2.54. The minimum absolute atomic E-state index is 0.315. The summed E-state index contributed by atoms with van der Waals surface area (Å²) >= 11 is 0. The van der Waals surface area contributed by atoms with Crippen LogP contribution < -0.4 is 0 Å². The molecule has 2 fully saturated rings. The average molecular weight is 310 g/mol. The molecular formula is C16H22O6. The van der Waals surface area contributed by atoms with Crippen LogP contribution >= 0.6 is 0 Å². The van der Waals surface area contributed by atoms with Crippen LogP contribution in [0.1, 0.15) is 12.5 Å². The number of fused-ring (bicyclic) bond motifs is 1. The largest absolute Gasteiger partial charge is 0.385 e. The lowest BCUT2D eigenvalue weighted by molar-refractivity contribution is -0.360. The van der Waals surface area contributed by atoms with Gasteiger partial charge in [-0.1, -0.05) is 30.3 Å². The molecule has 0 amide bonds. The Bertz CT molecular complexity index is 467. The van der Waals surface area contributed by atoms with E-state index in [1.807, 2.05) is 37.3 Å². The van der Waals surface area contributed by atoms with E-state index in [-0.39, 0.29) is 18.5 Å². The van der Waals surface area contributed by atoms with Crippen LogP contribution in [-0.2, 0) is 30.3 Å². The fourth-order valence-electron chi connectivity index (χ4n) is 2.85. The summed E-state index contributed by atoms with van der Waals surface area (Å²) in [4.78, 5) is 0. The van der Waals surface area contributed by atoms with Crippen molar-refractivity contribution in [2.75, 3.05) is 13.7 Å². The Morgan fingerprint density at radius 2 is 2.00 bits per heavy atom. The third-order valence-corrected chi connectivity index (χ3v) is 3.99. The zero-order valence-electron chi connectivity index (χ0n) is 12.8. The van der Waals surface area contributed by atoms with Crippen LogP contribution in [0.5, 0.6) is 0 Å². The van der Waals surface area contributed by atoms with Crippen molar-refractivity contribution in [3.63, 3.8) is 0 Å². The number of benzene rings is 1. The maximum atomic E-state index is 10.4. The molecule has 6 nitrogen and oxygen atoms in total. The zero-order chi connectivity index (χ0) is 15.5. The Morgan fingerprint density at radius 1 is 1.23 bits per heavy atom. The molecule has 3 rings (SSSR count). The van der Waals surface area contributed by atoms with E-state index < -0.39 is 18.5 Å².